The number of aliphatic hydroxyl groups is 1. The highest BCUT2D eigenvalue weighted by molar-refractivity contribution is 7.10. The van der Waals surface area contributed by atoms with Gasteiger partial charge in [-0.15, -0.1) is 11.3 Å². The lowest BCUT2D eigenvalue weighted by atomic mass is 9.81. The van der Waals surface area contributed by atoms with Crippen molar-refractivity contribution in [3.05, 3.63) is 58.3 Å². The second-order valence-corrected chi connectivity index (χ2v) is 10.9. The van der Waals surface area contributed by atoms with Crippen molar-refractivity contribution in [2.75, 3.05) is 26.2 Å². The molecule has 0 amide bonds. The van der Waals surface area contributed by atoms with E-state index in [1.165, 1.54) is 30.0 Å². The van der Waals surface area contributed by atoms with Gasteiger partial charge in [0, 0.05) is 36.0 Å². The number of hydrogen-bond acceptors (Lipinski definition) is 4. The fraction of sp³-hybridized carbons (Fsp3) is 0.577. The maximum absolute atomic E-state index is 13.5. The van der Waals surface area contributed by atoms with Crippen LogP contribution in [0.25, 0.3) is 0 Å². The van der Waals surface area contributed by atoms with Crippen LogP contribution in [0.15, 0.2) is 47.8 Å². The molecule has 2 bridgehead atoms. The molecular weight excluding hydrogens is 406 g/mol. The van der Waals surface area contributed by atoms with Crippen LogP contribution >= 0.6 is 11.3 Å². The molecule has 0 radical (unpaired) electrons. The number of fused-ring (bicyclic) bond motifs is 3. The normalized spacial score (nSPS) is 30.2. The average molecular weight is 441 g/mol. The van der Waals surface area contributed by atoms with Crippen LogP contribution < -0.4 is 0 Å². The van der Waals surface area contributed by atoms with Crippen molar-refractivity contribution in [3.8, 4) is 0 Å². The molecule has 4 heterocycles. The van der Waals surface area contributed by atoms with E-state index in [1.54, 1.807) is 0 Å². The van der Waals surface area contributed by atoms with Gasteiger partial charge in [0.15, 0.2) is 11.7 Å². The van der Waals surface area contributed by atoms with Crippen molar-refractivity contribution in [2.45, 2.75) is 56.7 Å². The van der Waals surface area contributed by atoms with Crippen molar-refractivity contribution in [1.82, 2.24) is 0 Å². The smallest absolute Gasteiger partial charge is 0.344 e. The summed E-state index contributed by atoms with van der Waals surface area (Å²) in [5.41, 5.74) is -0.101. The molecule has 1 aromatic heterocycles. The molecule has 0 unspecified atom stereocenters. The van der Waals surface area contributed by atoms with Crippen molar-refractivity contribution in [2.24, 2.45) is 11.8 Å². The zero-order chi connectivity index (χ0) is 21.3. The molecule has 2 aromatic rings. The highest BCUT2D eigenvalue weighted by atomic mass is 32.1. The second kappa shape index (κ2) is 8.68. The number of nitrogens with zero attached hydrogens (tertiary/aromatic N) is 1. The Labute approximate surface area is 189 Å². The van der Waals surface area contributed by atoms with Crippen molar-refractivity contribution < 1.29 is 19.1 Å². The summed E-state index contributed by atoms with van der Waals surface area (Å²) in [5, 5.41) is 13.6. The Hall–Kier alpha value is -1.69. The van der Waals surface area contributed by atoms with Crippen LogP contribution in [0.5, 0.6) is 0 Å². The Morgan fingerprint density at radius 1 is 1.06 bits per heavy atom. The highest BCUT2D eigenvalue weighted by Crippen LogP contribution is 2.44. The summed E-state index contributed by atoms with van der Waals surface area (Å²) >= 11 is 1.47. The van der Waals surface area contributed by atoms with E-state index < -0.39 is 11.6 Å². The summed E-state index contributed by atoms with van der Waals surface area (Å²) in [6.07, 6.45) is 7.19. The van der Waals surface area contributed by atoms with Gasteiger partial charge in [-0.1, -0.05) is 49.2 Å². The monoisotopic (exact) mass is 440 g/mol. The fourth-order valence-electron chi connectivity index (χ4n) is 6.21. The van der Waals surface area contributed by atoms with E-state index in [4.69, 9.17) is 4.74 Å². The average Bonchev–Trinajstić information content (AvgIpc) is 3.54. The van der Waals surface area contributed by atoms with E-state index in [1.807, 2.05) is 17.5 Å². The summed E-state index contributed by atoms with van der Waals surface area (Å²) in [5.74, 6) is 0.0135. The third kappa shape index (κ3) is 4.08. The lowest BCUT2D eigenvalue weighted by molar-refractivity contribution is -0.946. The number of quaternary nitrogens is 1. The molecule has 1 aliphatic carbocycles. The zero-order valence-electron chi connectivity index (χ0n) is 18.2. The predicted octanol–water partition coefficient (Wildman–Crippen LogP) is 4.52. The number of benzene rings is 1. The molecule has 166 valence electrons. The maximum atomic E-state index is 13.5. The number of ether oxygens (including phenoxy) is 1. The Morgan fingerprint density at radius 3 is 2.48 bits per heavy atom. The highest BCUT2D eigenvalue weighted by Gasteiger charge is 2.53. The minimum Gasteiger partial charge on any atom is -0.454 e. The first kappa shape index (κ1) is 21.2. The molecule has 0 spiro atoms. The number of carbonyl (C=O) groups is 1. The Balaban J connectivity index is 1.30. The van der Waals surface area contributed by atoms with Gasteiger partial charge in [0.05, 0.1) is 19.6 Å². The summed E-state index contributed by atoms with van der Waals surface area (Å²) < 4.78 is 7.25. The van der Waals surface area contributed by atoms with Crippen LogP contribution in [0.2, 0.25) is 0 Å². The van der Waals surface area contributed by atoms with Crippen LogP contribution in [0.4, 0.5) is 0 Å². The Bertz CT molecular complexity index is 869. The molecule has 1 saturated carbocycles. The largest absolute Gasteiger partial charge is 0.454 e. The van der Waals surface area contributed by atoms with E-state index in [2.05, 4.69) is 30.3 Å². The molecule has 3 saturated heterocycles. The molecule has 6 rings (SSSR count). The number of esters is 1. The molecule has 4 aliphatic rings. The first-order valence-corrected chi connectivity index (χ1v) is 12.8. The van der Waals surface area contributed by atoms with Gasteiger partial charge in [0.25, 0.3) is 0 Å². The van der Waals surface area contributed by atoms with E-state index in [0.29, 0.717) is 5.92 Å². The van der Waals surface area contributed by atoms with Gasteiger partial charge in [0.1, 0.15) is 6.54 Å². The minimum absolute atomic E-state index is 0.0269. The quantitative estimate of drug-likeness (QED) is 0.509. The van der Waals surface area contributed by atoms with Crippen LogP contribution in [-0.4, -0.2) is 47.8 Å². The van der Waals surface area contributed by atoms with Gasteiger partial charge in [-0.2, -0.15) is 0 Å². The van der Waals surface area contributed by atoms with Gasteiger partial charge in [-0.05, 0) is 29.9 Å². The molecule has 5 heteroatoms. The van der Waals surface area contributed by atoms with E-state index in [0.717, 1.165) is 67.4 Å². The molecule has 4 fully saturated rings. The van der Waals surface area contributed by atoms with E-state index in [-0.39, 0.29) is 12.0 Å². The molecular formula is C26H34NO3S+. The van der Waals surface area contributed by atoms with Gasteiger partial charge in [-0.3, -0.25) is 0 Å². The lowest BCUT2D eigenvalue weighted by Crippen LogP contribution is -2.65. The fourth-order valence-corrected chi connectivity index (χ4v) is 7.11. The van der Waals surface area contributed by atoms with E-state index >= 15 is 0 Å². The molecule has 4 nitrogen and oxygen atoms in total. The van der Waals surface area contributed by atoms with Crippen LogP contribution in [0, 0.1) is 11.8 Å². The standard InChI is InChI=1S/C26H34NO3S/c28-25(26(29,22-9-4-5-10-22)24-11-6-18-31-24)30-23-19-27(16-13-21(23)14-17-27)15-12-20-7-2-1-3-8-20/h1-3,6-8,11,18,21-23,29H,4-5,9-10,12-17,19H2/q+1/t21?,23-,26+,27?/m1/s1. The summed E-state index contributed by atoms with van der Waals surface area (Å²) in [4.78, 5) is 14.3. The SMILES string of the molecule is O=C(O[C@@H]1C[N+]2(CCc3ccccc3)CCC1CC2)[C@@](O)(c1cccs1)C1CCCC1. The summed E-state index contributed by atoms with van der Waals surface area (Å²) in [7, 11) is 0. The van der Waals surface area contributed by atoms with Crippen molar-refractivity contribution in [1.29, 1.82) is 0 Å². The Kier molecular flexibility index (Phi) is 5.93. The van der Waals surface area contributed by atoms with Gasteiger partial charge in [0.2, 0.25) is 0 Å². The van der Waals surface area contributed by atoms with Crippen LogP contribution in [0.3, 0.4) is 0 Å². The number of thiophene rings is 1. The number of carbonyl (C=O) groups excluding carboxylic acids is 1. The summed E-state index contributed by atoms with van der Waals surface area (Å²) in [6.45, 7) is 4.36. The maximum Gasteiger partial charge on any atom is 0.344 e. The molecule has 1 aromatic carbocycles. The number of piperidine rings is 3. The number of hydrogen-bond donors (Lipinski definition) is 1. The first-order chi connectivity index (χ1) is 15.1. The third-order valence-electron chi connectivity index (χ3n) is 8.17. The molecule has 2 atom stereocenters. The first-order valence-electron chi connectivity index (χ1n) is 12.0. The van der Waals surface area contributed by atoms with E-state index in [9.17, 15) is 9.90 Å². The summed E-state index contributed by atoms with van der Waals surface area (Å²) in [6, 6.07) is 14.5. The zero-order valence-corrected chi connectivity index (χ0v) is 19.1. The minimum atomic E-state index is -1.48. The third-order valence-corrected chi connectivity index (χ3v) is 9.17. The van der Waals surface area contributed by atoms with Crippen LogP contribution in [0.1, 0.15) is 49.0 Å². The van der Waals surface area contributed by atoms with Crippen LogP contribution in [-0.2, 0) is 21.6 Å². The van der Waals surface area contributed by atoms with Gasteiger partial charge in [-0.25, -0.2) is 4.79 Å². The van der Waals surface area contributed by atoms with Gasteiger partial charge >= 0.3 is 5.97 Å². The topological polar surface area (TPSA) is 46.5 Å². The van der Waals surface area contributed by atoms with Gasteiger partial charge < -0.3 is 14.3 Å². The molecule has 3 aliphatic heterocycles. The second-order valence-electron chi connectivity index (χ2n) is 9.94. The number of rotatable bonds is 7. The lowest BCUT2D eigenvalue weighted by Gasteiger charge is -2.52. The molecule has 1 N–H and O–H groups in total. The van der Waals surface area contributed by atoms with Crippen molar-refractivity contribution in [3.63, 3.8) is 0 Å². The van der Waals surface area contributed by atoms with Crippen molar-refractivity contribution >= 4 is 17.3 Å². The Morgan fingerprint density at radius 2 is 1.81 bits per heavy atom. The molecule has 31 heavy (non-hydrogen) atoms. The predicted molar refractivity (Wildman–Crippen MR) is 123 cm³/mol.